The number of hydrogen-bond acceptors (Lipinski definition) is 5. The molecule has 5 heteroatoms. The molecular weight excluding hydrogens is 428 g/mol. The molecule has 0 N–H and O–H groups in total. The van der Waals surface area contributed by atoms with Gasteiger partial charge in [-0.05, 0) is 12.3 Å². The van der Waals surface area contributed by atoms with Gasteiger partial charge in [0.05, 0.1) is 46.2 Å². The Labute approximate surface area is 212 Å². The number of hydrogen-bond donors (Lipinski definition) is 0. The number of ketones is 1. The lowest BCUT2D eigenvalue weighted by molar-refractivity contribution is -0.123. The standard InChI is InChI=1S/C29H58O5/c1-27(2)17-15-13-11-9-7-5-6-8-10-12-14-16-19-31-21-23-33-25-26-34-24-22-32-20-18-29(30)28(3)4/h27-28H,5-26H2,1-4H3. The monoisotopic (exact) mass is 486 g/mol. The summed E-state index contributed by atoms with van der Waals surface area (Å²) in [7, 11) is 0. The average molecular weight is 487 g/mol. The Balaban J connectivity index is 3.06. The number of Topliss-reactive ketones (excluding diaryl/α,β-unsaturated/α-hetero) is 1. The summed E-state index contributed by atoms with van der Waals surface area (Å²) in [5, 5.41) is 0. The van der Waals surface area contributed by atoms with Crippen LogP contribution in [-0.4, -0.2) is 58.6 Å². The molecule has 0 aromatic rings. The molecule has 0 bridgehead atoms. The first kappa shape index (κ1) is 33.5. The molecule has 0 fully saturated rings. The molecular formula is C29H58O5. The second-order valence-electron chi connectivity index (χ2n) is 10.2. The number of rotatable bonds is 28. The lowest BCUT2D eigenvalue weighted by Gasteiger charge is -2.08. The Morgan fingerprint density at radius 3 is 1.24 bits per heavy atom. The lowest BCUT2D eigenvalue weighted by Crippen LogP contribution is -2.14. The second kappa shape index (κ2) is 27.1. The van der Waals surface area contributed by atoms with E-state index >= 15 is 0 Å². The minimum absolute atomic E-state index is 0.0876. The summed E-state index contributed by atoms with van der Waals surface area (Å²) in [6, 6.07) is 0. The Kier molecular flexibility index (Phi) is 26.7. The van der Waals surface area contributed by atoms with E-state index in [0.29, 0.717) is 52.7 Å². The molecule has 0 saturated carbocycles. The van der Waals surface area contributed by atoms with Crippen LogP contribution in [0.25, 0.3) is 0 Å². The van der Waals surface area contributed by atoms with Crippen LogP contribution in [0.4, 0.5) is 0 Å². The smallest absolute Gasteiger partial charge is 0.137 e. The SMILES string of the molecule is CC(C)CCCCCCCCCCCCCCOCCOCCOCCOCCC(=O)C(C)C. The number of ether oxygens (including phenoxy) is 4. The van der Waals surface area contributed by atoms with Gasteiger partial charge in [0.25, 0.3) is 0 Å². The predicted molar refractivity (Wildman–Crippen MR) is 143 cm³/mol. The van der Waals surface area contributed by atoms with Crippen molar-refractivity contribution in [3.63, 3.8) is 0 Å². The highest BCUT2D eigenvalue weighted by molar-refractivity contribution is 5.80. The molecule has 0 rings (SSSR count). The van der Waals surface area contributed by atoms with Gasteiger partial charge in [0.15, 0.2) is 0 Å². The summed E-state index contributed by atoms with van der Waals surface area (Å²) in [5.41, 5.74) is 0. The third-order valence-electron chi connectivity index (χ3n) is 6.07. The maximum absolute atomic E-state index is 11.4. The van der Waals surface area contributed by atoms with Gasteiger partial charge in [0.1, 0.15) is 5.78 Å². The van der Waals surface area contributed by atoms with E-state index in [1.165, 1.54) is 77.0 Å². The van der Waals surface area contributed by atoms with E-state index in [9.17, 15) is 4.79 Å². The molecule has 0 heterocycles. The van der Waals surface area contributed by atoms with E-state index in [0.717, 1.165) is 18.9 Å². The zero-order valence-electron chi connectivity index (χ0n) is 23.3. The van der Waals surface area contributed by atoms with E-state index in [2.05, 4.69) is 13.8 Å². The Morgan fingerprint density at radius 1 is 0.471 bits per heavy atom. The van der Waals surface area contributed by atoms with Crippen LogP contribution in [0.5, 0.6) is 0 Å². The molecule has 0 atom stereocenters. The van der Waals surface area contributed by atoms with Crippen molar-refractivity contribution >= 4 is 5.78 Å². The predicted octanol–water partition coefficient (Wildman–Crippen LogP) is 7.40. The topological polar surface area (TPSA) is 54.0 Å². The van der Waals surface area contributed by atoms with Gasteiger partial charge in [-0.25, -0.2) is 0 Å². The van der Waals surface area contributed by atoms with Crippen LogP contribution in [0.1, 0.15) is 118 Å². The summed E-state index contributed by atoms with van der Waals surface area (Å²) >= 11 is 0. The van der Waals surface area contributed by atoms with Gasteiger partial charge in [-0.2, -0.15) is 0 Å². The van der Waals surface area contributed by atoms with Crippen molar-refractivity contribution in [2.75, 3.05) is 52.9 Å². The average Bonchev–Trinajstić information content (AvgIpc) is 2.80. The fraction of sp³-hybridized carbons (Fsp3) is 0.966. The van der Waals surface area contributed by atoms with E-state index < -0.39 is 0 Å². The third kappa shape index (κ3) is 27.8. The zero-order chi connectivity index (χ0) is 25.1. The molecule has 0 amide bonds. The normalized spacial score (nSPS) is 11.7. The molecule has 0 spiro atoms. The summed E-state index contributed by atoms with van der Waals surface area (Å²) < 4.78 is 22.0. The molecule has 0 aliphatic heterocycles. The molecule has 0 aliphatic carbocycles. The summed E-state index contributed by atoms with van der Waals surface area (Å²) in [6.45, 7) is 13.3. The number of unbranched alkanes of at least 4 members (excludes halogenated alkanes) is 11. The van der Waals surface area contributed by atoms with Crippen LogP contribution in [-0.2, 0) is 23.7 Å². The molecule has 0 radical (unpaired) electrons. The van der Waals surface area contributed by atoms with Gasteiger partial charge >= 0.3 is 0 Å². The van der Waals surface area contributed by atoms with E-state index in [1.807, 2.05) is 13.8 Å². The first-order valence-corrected chi connectivity index (χ1v) is 14.4. The fourth-order valence-electron chi connectivity index (χ4n) is 3.75. The van der Waals surface area contributed by atoms with Gasteiger partial charge in [-0.1, -0.05) is 105 Å². The second-order valence-corrected chi connectivity index (χ2v) is 10.2. The van der Waals surface area contributed by atoms with Crippen LogP contribution in [0.2, 0.25) is 0 Å². The van der Waals surface area contributed by atoms with Gasteiger partial charge in [0, 0.05) is 18.9 Å². The van der Waals surface area contributed by atoms with Crippen molar-refractivity contribution in [2.45, 2.75) is 118 Å². The Morgan fingerprint density at radius 2 is 0.824 bits per heavy atom. The fourth-order valence-corrected chi connectivity index (χ4v) is 3.75. The van der Waals surface area contributed by atoms with Crippen molar-refractivity contribution in [2.24, 2.45) is 11.8 Å². The highest BCUT2D eigenvalue weighted by atomic mass is 16.6. The van der Waals surface area contributed by atoms with Gasteiger partial charge in [-0.15, -0.1) is 0 Å². The maximum Gasteiger partial charge on any atom is 0.137 e. The summed E-state index contributed by atoms with van der Waals surface area (Å²) in [5.74, 6) is 1.20. The van der Waals surface area contributed by atoms with Gasteiger partial charge in [-0.3, -0.25) is 4.79 Å². The Hall–Kier alpha value is -0.490. The maximum atomic E-state index is 11.4. The van der Waals surface area contributed by atoms with Crippen LogP contribution < -0.4 is 0 Å². The van der Waals surface area contributed by atoms with Crippen molar-refractivity contribution in [3.8, 4) is 0 Å². The first-order valence-electron chi connectivity index (χ1n) is 14.4. The molecule has 0 unspecified atom stereocenters. The minimum Gasteiger partial charge on any atom is -0.379 e. The van der Waals surface area contributed by atoms with Crippen LogP contribution in [0.3, 0.4) is 0 Å². The third-order valence-corrected chi connectivity index (χ3v) is 6.07. The number of carbonyl (C=O) groups excluding carboxylic acids is 1. The lowest BCUT2D eigenvalue weighted by atomic mass is 10.0. The van der Waals surface area contributed by atoms with Gasteiger partial charge < -0.3 is 18.9 Å². The minimum atomic E-state index is 0.0876. The Bertz CT molecular complexity index is 411. The van der Waals surface area contributed by atoms with Crippen molar-refractivity contribution in [3.05, 3.63) is 0 Å². The van der Waals surface area contributed by atoms with Crippen LogP contribution in [0.15, 0.2) is 0 Å². The van der Waals surface area contributed by atoms with Crippen molar-refractivity contribution in [1.29, 1.82) is 0 Å². The van der Waals surface area contributed by atoms with E-state index in [4.69, 9.17) is 18.9 Å². The van der Waals surface area contributed by atoms with Gasteiger partial charge in [0.2, 0.25) is 0 Å². The quantitative estimate of drug-likeness (QED) is 0.108. The highest BCUT2D eigenvalue weighted by Gasteiger charge is 2.06. The molecule has 0 aromatic carbocycles. The number of carbonyl (C=O) groups is 1. The van der Waals surface area contributed by atoms with Crippen molar-refractivity contribution < 1.29 is 23.7 Å². The zero-order valence-corrected chi connectivity index (χ0v) is 23.3. The molecule has 204 valence electrons. The first-order chi connectivity index (χ1) is 16.5. The molecule has 34 heavy (non-hydrogen) atoms. The van der Waals surface area contributed by atoms with Crippen LogP contribution >= 0.6 is 0 Å². The molecule has 0 saturated heterocycles. The summed E-state index contributed by atoms with van der Waals surface area (Å²) in [6.07, 6.45) is 18.4. The molecule has 0 aromatic heterocycles. The molecule has 5 nitrogen and oxygen atoms in total. The summed E-state index contributed by atoms with van der Waals surface area (Å²) in [4.78, 5) is 11.4. The van der Waals surface area contributed by atoms with E-state index in [1.54, 1.807) is 0 Å². The largest absolute Gasteiger partial charge is 0.379 e. The van der Waals surface area contributed by atoms with Crippen molar-refractivity contribution in [1.82, 2.24) is 0 Å². The van der Waals surface area contributed by atoms with Crippen LogP contribution in [0, 0.1) is 11.8 Å². The molecule has 0 aliphatic rings. The van der Waals surface area contributed by atoms with E-state index in [-0.39, 0.29) is 11.7 Å². The highest BCUT2D eigenvalue weighted by Crippen LogP contribution is 2.14.